The highest BCUT2D eigenvalue weighted by Gasteiger charge is 2.22. The topological polar surface area (TPSA) is 54.6 Å². The van der Waals surface area contributed by atoms with E-state index < -0.39 is 0 Å². The van der Waals surface area contributed by atoms with Crippen molar-refractivity contribution in [3.05, 3.63) is 47.6 Å². The lowest BCUT2D eigenvalue weighted by Gasteiger charge is -2.28. The largest absolute Gasteiger partial charge is 0.374 e. The first-order valence-corrected chi connectivity index (χ1v) is 9.04. The minimum atomic E-state index is -0.135. The Labute approximate surface area is 149 Å². The quantitative estimate of drug-likeness (QED) is 0.803. The van der Waals surface area contributed by atoms with Crippen molar-refractivity contribution in [2.75, 3.05) is 33.3 Å². The van der Waals surface area contributed by atoms with Gasteiger partial charge in [0.15, 0.2) is 5.82 Å². The van der Waals surface area contributed by atoms with Crippen molar-refractivity contribution in [1.29, 1.82) is 0 Å². The first kappa shape index (κ1) is 18.0. The van der Waals surface area contributed by atoms with Crippen LogP contribution < -0.4 is 0 Å². The zero-order valence-electron chi connectivity index (χ0n) is 15.4. The van der Waals surface area contributed by atoms with Crippen LogP contribution in [0.3, 0.4) is 0 Å². The van der Waals surface area contributed by atoms with Gasteiger partial charge in [0.05, 0.1) is 6.54 Å². The van der Waals surface area contributed by atoms with Crippen LogP contribution in [-0.2, 0) is 11.3 Å². The smallest absolute Gasteiger partial charge is 0.240 e. The molecule has 0 unspecified atom stereocenters. The molecule has 1 fully saturated rings. The molecule has 6 nitrogen and oxygen atoms in total. The summed E-state index contributed by atoms with van der Waals surface area (Å²) in [5, 5.41) is 4.01. The summed E-state index contributed by atoms with van der Waals surface area (Å²) in [5.74, 6) is 1.29. The Morgan fingerprint density at radius 1 is 1.12 bits per heavy atom. The second-order valence-corrected chi connectivity index (χ2v) is 6.68. The van der Waals surface area contributed by atoms with Crippen molar-refractivity contribution in [2.24, 2.45) is 0 Å². The second-order valence-electron chi connectivity index (χ2n) is 6.68. The maximum atomic E-state index is 5.38. The molecule has 25 heavy (non-hydrogen) atoms. The van der Waals surface area contributed by atoms with Gasteiger partial charge in [0, 0.05) is 32.8 Å². The third kappa shape index (κ3) is 4.66. The summed E-state index contributed by atoms with van der Waals surface area (Å²) in [7, 11) is 1.65. The van der Waals surface area contributed by atoms with Gasteiger partial charge in [0.1, 0.15) is 6.10 Å². The van der Waals surface area contributed by atoms with Crippen LogP contribution in [0.15, 0.2) is 34.9 Å². The van der Waals surface area contributed by atoms with Gasteiger partial charge >= 0.3 is 0 Å². The molecular formula is C19H28N4O2. The van der Waals surface area contributed by atoms with Gasteiger partial charge in [-0.2, -0.15) is 4.98 Å². The molecule has 0 N–H and O–H groups in total. The van der Waals surface area contributed by atoms with Crippen molar-refractivity contribution in [3.63, 3.8) is 0 Å². The first-order chi connectivity index (χ1) is 12.2. The molecule has 2 heterocycles. The fourth-order valence-corrected chi connectivity index (χ4v) is 3.27. The van der Waals surface area contributed by atoms with Gasteiger partial charge in [-0.3, -0.25) is 9.80 Å². The molecule has 0 aliphatic carbocycles. The Morgan fingerprint density at radius 2 is 1.92 bits per heavy atom. The summed E-state index contributed by atoms with van der Waals surface area (Å²) in [4.78, 5) is 9.40. The Kier molecular flexibility index (Phi) is 6.18. The van der Waals surface area contributed by atoms with Crippen LogP contribution in [-0.4, -0.2) is 53.2 Å². The number of ether oxygens (including phenoxy) is 1. The number of hydrogen-bond donors (Lipinski definition) is 0. The second kappa shape index (κ2) is 8.56. The van der Waals surface area contributed by atoms with Crippen LogP contribution in [0.25, 0.3) is 0 Å². The third-order valence-corrected chi connectivity index (χ3v) is 5.01. The molecule has 6 heteroatoms. The van der Waals surface area contributed by atoms with E-state index in [0.717, 1.165) is 32.6 Å². The molecule has 1 aliphatic rings. The van der Waals surface area contributed by atoms with E-state index in [1.807, 2.05) is 6.92 Å². The Hall–Kier alpha value is -1.76. The van der Waals surface area contributed by atoms with Crippen LogP contribution >= 0.6 is 0 Å². The van der Waals surface area contributed by atoms with Gasteiger partial charge in [-0.1, -0.05) is 35.5 Å². The molecule has 3 rings (SSSR count). The van der Waals surface area contributed by atoms with Gasteiger partial charge in [0.25, 0.3) is 0 Å². The van der Waals surface area contributed by atoms with Crippen molar-refractivity contribution < 1.29 is 9.26 Å². The lowest BCUT2D eigenvalue weighted by molar-refractivity contribution is 0.109. The fraction of sp³-hybridized carbons (Fsp3) is 0.579. The Bertz CT molecular complexity index is 646. The fourth-order valence-electron chi connectivity index (χ4n) is 3.27. The van der Waals surface area contributed by atoms with E-state index in [1.54, 1.807) is 7.11 Å². The van der Waals surface area contributed by atoms with E-state index in [-0.39, 0.29) is 6.10 Å². The van der Waals surface area contributed by atoms with Crippen molar-refractivity contribution in [3.8, 4) is 0 Å². The lowest BCUT2D eigenvalue weighted by atomic mass is 10.1. The van der Waals surface area contributed by atoms with Gasteiger partial charge in [-0.05, 0) is 32.4 Å². The molecule has 1 aromatic heterocycles. The number of aromatic nitrogens is 2. The van der Waals surface area contributed by atoms with E-state index in [2.05, 4.69) is 57.2 Å². The molecule has 1 aromatic carbocycles. The highest BCUT2D eigenvalue weighted by Crippen LogP contribution is 2.22. The highest BCUT2D eigenvalue weighted by atomic mass is 16.5. The molecule has 2 atom stereocenters. The molecule has 1 saturated heterocycles. The standard InChI is InChI=1S/C19H28N4O2/c1-15(17-8-5-4-6-9-17)23-11-7-10-22(12-13-23)14-18-20-19(21-25-18)16(2)24-3/h4-6,8-9,15-16H,7,10-14H2,1-3H3/t15-,16-/m0/s1. The van der Waals surface area contributed by atoms with E-state index in [4.69, 9.17) is 9.26 Å². The predicted octanol–water partition coefficient (Wildman–Crippen LogP) is 3.05. The zero-order chi connectivity index (χ0) is 17.6. The average molecular weight is 344 g/mol. The number of methoxy groups -OCH3 is 1. The average Bonchev–Trinajstić information content (AvgIpc) is 2.99. The molecule has 136 valence electrons. The summed E-state index contributed by atoms with van der Waals surface area (Å²) in [6.07, 6.45) is 1.01. The van der Waals surface area contributed by atoms with Gasteiger partial charge in [-0.25, -0.2) is 0 Å². The molecule has 0 saturated carbocycles. The van der Waals surface area contributed by atoms with Crippen molar-refractivity contribution >= 4 is 0 Å². The first-order valence-electron chi connectivity index (χ1n) is 9.04. The molecule has 0 spiro atoms. The lowest BCUT2D eigenvalue weighted by Crippen LogP contribution is -2.32. The normalized spacial score (nSPS) is 19.5. The van der Waals surface area contributed by atoms with Crippen molar-refractivity contribution in [1.82, 2.24) is 19.9 Å². The Balaban J connectivity index is 1.55. The maximum absolute atomic E-state index is 5.38. The molecule has 2 aromatic rings. The highest BCUT2D eigenvalue weighted by molar-refractivity contribution is 5.18. The summed E-state index contributed by atoms with van der Waals surface area (Å²) in [6, 6.07) is 11.2. The predicted molar refractivity (Wildman–Crippen MR) is 96.0 cm³/mol. The molecule has 0 amide bonds. The minimum absolute atomic E-state index is 0.135. The molecule has 0 radical (unpaired) electrons. The summed E-state index contributed by atoms with van der Waals surface area (Å²) in [5.41, 5.74) is 1.38. The third-order valence-electron chi connectivity index (χ3n) is 5.01. The van der Waals surface area contributed by atoms with Crippen molar-refractivity contribution in [2.45, 2.75) is 39.0 Å². The maximum Gasteiger partial charge on any atom is 0.240 e. The number of benzene rings is 1. The van der Waals surface area contributed by atoms with Crippen LogP contribution in [0.1, 0.15) is 49.7 Å². The van der Waals surface area contributed by atoms with Crippen LogP contribution in [0.5, 0.6) is 0 Å². The molecule has 0 bridgehead atoms. The van der Waals surface area contributed by atoms with Crippen LogP contribution in [0.2, 0.25) is 0 Å². The Morgan fingerprint density at radius 3 is 2.68 bits per heavy atom. The molecule has 1 aliphatic heterocycles. The number of hydrogen-bond acceptors (Lipinski definition) is 6. The number of rotatable bonds is 6. The van der Waals surface area contributed by atoms with Crippen LogP contribution in [0.4, 0.5) is 0 Å². The summed E-state index contributed by atoms with van der Waals surface area (Å²) in [6.45, 7) is 9.14. The van der Waals surface area contributed by atoms with Gasteiger partial charge in [0.2, 0.25) is 5.89 Å². The van der Waals surface area contributed by atoms with E-state index in [9.17, 15) is 0 Å². The van der Waals surface area contributed by atoms with Gasteiger partial charge in [-0.15, -0.1) is 0 Å². The minimum Gasteiger partial charge on any atom is -0.374 e. The van der Waals surface area contributed by atoms with Crippen LogP contribution in [0, 0.1) is 0 Å². The molecular weight excluding hydrogens is 316 g/mol. The SMILES string of the molecule is CO[C@@H](C)c1noc(CN2CCCN([C@@H](C)c3ccccc3)CC2)n1. The summed E-state index contributed by atoms with van der Waals surface area (Å²) >= 11 is 0. The monoisotopic (exact) mass is 344 g/mol. The number of nitrogens with zero attached hydrogens (tertiary/aromatic N) is 4. The van der Waals surface area contributed by atoms with E-state index in [0.29, 0.717) is 24.3 Å². The van der Waals surface area contributed by atoms with Gasteiger partial charge < -0.3 is 9.26 Å². The van der Waals surface area contributed by atoms with E-state index >= 15 is 0 Å². The summed E-state index contributed by atoms with van der Waals surface area (Å²) < 4.78 is 10.6. The zero-order valence-corrected chi connectivity index (χ0v) is 15.4. The van der Waals surface area contributed by atoms with E-state index in [1.165, 1.54) is 5.56 Å².